The van der Waals surface area contributed by atoms with Gasteiger partial charge in [-0.1, -0.05) is 6.07 Å². The van der Waals surface area contributed by atoms with Crippen LogP contribution in [0.1, 0.15) is 10.4 Å². The predicted octanol–water partition coefficient (Wildman–Crippen LogP) is 1.57. The maximum Gasteiger partial charge on any atom is 0.259 e. The standard InChI is InChI=1S/C21H24FN3O6S/c1-24(2)20(26)14-31-17-5-3-4-15(12-17)21(27)23-16-6-7-18(22)19(13-16)32(28,29)25-8-10-30-11-9-25/h3-7,12-13H,8-11,14H2,1-2H3,(H,23,27). The van der Waals surface area contributed by atoms with Gasteiger partial charge in [0.25, 0.3) is 11.8 Å². The van der Waals surface area contributed by atoms with Crippen molar-refractivity contribution in [3.63, 3.8) is 0 Å². The molecule has 0 unspecified atom stereocenters. The van der Waals surface area contributed by atoms with E-state index in [0.29, 0.717) is 5.75 Å². The Hall–Kier alpha value is -3.02. The van der Waals surface area contributed by atoms with Crippen LogP contribution in [0.2, 0.25) is 0 Å². The summed E-state index contributed by atoms with van der Waals surface area (Å²) in [5.74, 6) is -1.37. The first-order valence-electron chi connectivity index (χ1n) is 9.80. The van der Waals surface area contributed by atoms with Gasteiger partial charge in [0.05, 0.1) is 13.2 Å². The van der Waals surface area contributed by atoms with Gasteiger partial charge in [-0.05, 0) is 36.4 Å². The molecule has 1 saturated heterocycles. The SMILES string of the molecule is CN(C)C(=O)COc1cccc(C(=O)Nc2ccc(F)c(S(=O)(=O)N3CCOCC3)c2)c1. The zero-order valence-corrected chi connectivity index (χ0v) is 18.5. The molecule has 0 atom stereocenters. The minimum Gasteiger partial charge on any atom is -0.484 e. The average Bonchev–Trinajstić information content (AvgIpc) is 2.79. The van der Waals surface area contributed by atoms with Crippen molar-refractivity contribution < 1.29 is 31.9 Å². The molecule has 2 amide bonds. The fraction of sp³-hybridized carbons (Fsp3) is 0.333. The van der Waals surface area contributed by atoms with Gasteiger partial charge in [-0.15, -0.1) is 0 Å². The average molecular weight is 466 g/mol. The van der Waals surface area contributed by atoms with Gasteiger partial charge in [0.15, 0.2) is 6.61 Å². The number of carbonyl (C=O) groups excluding carboxylic acids is 2. The Kier molecular flexibility index (Phi) is 7.44. The second-order valence-corrected chi connectivity index (χ2v) is 9.13. The number of amides is 2. The van der Waals surface area contributed by atoms with Crippen molar-refractivity contribution in [2.45, 2.75) is 4.90 Å². The van der Waals surface area contributed by atoms with Crippen molar-refractivity contribution >= 4 is 27.5 Å². The zero-order valence-electron chi connectivity index (χ0n) is 17.7. The number of hydrogen-bond donors (Lipinski definition) is 1. The third-order valence-electron chi connectivity index (χ3n) is 4.73. The molecule has 1 aliphatic rings. The van der Waals surface area contributed by atoms with Gasteiger partial charge in [0, 0.05) is 38.4 Å². The number of benzene rings is 2. The topological polar surface area (TPSA) is 105 Å². The lowest BCUT2D eigenvalue weighted by atomic mass is 10.2. The highest BCUT2D eigenvalue weighted by Crippen LogP contribution is 2.24. The third kappa shape index (κ3) is 5.61. The number of sulfonamides is 1. The van der Waals surface area contributed by atoms with E-state index in [0.717, 1.165) is 16.4 Å². The maximum atomic E-state index is 14.3. The Morgan fingerprint density at radius 1 is 1.16 bits per heavy atom. The minimum absolute atomic E-state index is 0.123. The Balaban J connectivity index is 1.75. The zero-order chi connectivity index (χ0) is 23.3. The molecule has 1 heterocycles. The number of nitrogens with zero attached hydrogens (tertiary/aromatic N) is 2. The third-order valence-corrected chi connectivity index (χ3v) is 6.65. The van der Waals surface area contributed by atoms with E-state index in [-0.39, 0.29) is 50.1 Å². The van der Waals surface area contributed by atoms with Crippen molar-refractivity contribution in [1.29, 1.82) is 0 Å². The molecular weight excluding hydrogens is 441 g/mol. The summed E-state index contributed by atoms with van der Waals surface area (Å²) in [6, 6.07) is 9.54. The highest BCUT2D eigenvalue weighted by molar-refractivity contribution is 7.89. The number of anilines is 1. The molecule has 0 bridgehead atoms. The van der Waals surface area contributed by atoms with Gasteiger partial charge in [-0.3, -0.25) is 9.59 Å². The van der Waals surface area contributed by atoms with E-state index < -0.39 is 26.6 Å². The van der Waals surface area contributed by atoms with Gasteiger partial charge in [-0.2, -0.15) is 4.31 Å². The van der Waals surface area contributed by atoms with Crippen LogP contribution in [-0.4, -0.2) is 76.4 Å². The summed E-state index contributed by atoms with van der Waals surface area (Å²) in [6.07, 6.45) is 0. The van der Waals surface area contributed by atoms with Crippen LogP contribution in [0.15, 0.2) is 47.4 Å². The number of rotatable bonds is 7. The predicted molar refractivity (Wildman–Crippen MR) is 115 cm³/mol. The lowest BCUT2D eigenvalue weighted by Crippen LogP contribution is -2.40. The normalized spacial score (nSPS) is 14.6. The van der Waals surface area contributed by atoms with Crippen LogP contribution in [0, 0.1) is 5.82 Å². The summed E-state index contributed by atoms with van der Waals surface area (Å²) >= 11 is 0. The quantitative estimate of drug-likeness (QED) is 0.666. The van der Waals surface area contributed by atoms with Crippen molar-refractivity contribution in [1.82, 2.24) is 9.21 Å². The van der Waals surface area contributed by atoms with Gasteiger partial charge in [0.2, 0.25) is 10.0 Å². The molecule has 1 aliphatic heterocycles. The Bertz CT molecular complexity index is 1100. The Labute approximate surface area is 185 Å². The lowest BCUT2D eigenvalue weighted by Gasteiger charge is -2.26. The van der Waals surface area contributed by atoms with Gasteiger partial charge in [0.1, 0.15) is 16.5 Å². The first-order chi connectivity index (χ1) is 15.2. The van der Waals surface area contributed by atoms with Gasteiger partial charge in [-0.25, -0.2) is 12.8 Å². The number of hydrogen-bond acceptors (Lipinski definition) is 6. The molecule has 9 nitrogen and oxygen atoms in total. The smallest absolute Gasteiger partial charge is 0.259 e. The fourth-order valence-electron chi connectivity index (χ4n) is 2.91. The van der Waals surface area contributed by atoms with Crippen LogP contribution in [-0.2, 0) is 19.6 Å². The monoisotopic (exact) mass is 465 g/mol. The molecule has 0 saturated carbocycles. The summed E-state index contributed by atoms with van der Waals surface area (Å²) in [4.78, 5) is 25.2. The number of morpholine rings is 1. The van der Waals surface area contributed by atoms with Crippen molar-refractivity contribution in [3.8, 4) is 5.75 Å². The van der Waals surface area contributed by atoms with E-state index in [1.165, 1.54) is 23.1 Å². The van der Waals surface area contributed by atoms with Crippen LogP contribution in [0.4, 0.5) is 10.1 Å². The van der Waals surface area contributed by atoms with Crippen LogP contribution >= 0.6 is 0 Å². The Morgan fingerprint density at radius 3 is 2.56 bits per heavy atom. The molecule has 1 fully saturated rings. The minimum atomic E-state index is -4.07. The molecule has 32 heavy (non-hydrogen) atoms. The van der Waals surface area contributed by atoms with E-state index in [9.17, 15) is 22.4 Å². The summed E-state index contributed by atoms with van der Waals surface area (Å²) in [5, 5.41) is 2.57. The molecule has 2 aromatic carbocycles. The molecule has 0 aromatic heterocycles. The summed E-state index contributed by atoms with van der Waals surface area (Å²) in [7, 11) is -0.868. The molecule has 11 heteroatoms. The second-order valence-electron chi connectivity index (χ2n) is 7.22. The molecule has 0 radical (unpaired) electrons. The number of carbonyl (C=O) groups is 2. The van der Waals surface area contributed by atoms with Gasteiger partial charge >= 0.3 is 0 Å². The maximum absolute atomic E-state index is 14.3. The van der Waals surface area contributed by atoms with Crippen molar-refractivity contribution in [2.75, 3.05) is 52.3 Å². The molecule has 1 N–H and O–H groups in total. The first kappa shape index (κ1) is 23.6. The Morgan fingerprint density at radius 2 is 1.88 bits per heavy atom. The summed E-state index contributed by atoms with van der Waals surface area (Å²) in [6.45, 7) is 0.535. The lowest BCUT2D eigenvalue weighted by molar-refractivity contribution is -0.130. The highest BCUT2D eigenvalue weighted by atomic mass is 32.2. The largest absolute Gasteiger partial charge is 0.484 e. The van der Waals surface area contributed by atoms with E-state index >= 15 is 0 Å². The molecule has 0 spiro atoms. The van der Waals surface area contributed by atoms with E-state index in [1.807, 2.05) is 0 Å². The number of ether oxygens (including phenoxy) is 2. The second kappa shape index (κ2) is 10.1. The molecular formula is C21H24FN3O6S. The number of halogens is 1. The van der Waals surface area contributed by atoms with Crippen molar-refractivity contribution in [2.24, 2.45) is 0 Å². The van der Waals surface area contributed by atoms with Crippen LogP contribution in [0.3, 0.4) is 0 Å². The molecule has 0 aliphatic carbocycles. The molecule has 2 aromatic rings. The van der Waals surface area contributed by atoms with Crippen LogP contribution < -0.4 is 10.1 Å². The first-order valence-corrected chi connectivity index (χ1v) is 11.2. The highest BCUT2D eigenvalue weighted by Gasteiger charge is 2.29. The van der Waals surface area contributed by atoms with E-state index in [1.54, 1.807) is 26.2 Å². The van der Waals surface area contributed by atoms with Crippen LogP contribution in [0.25, 0.3) is 0 Å². The molecule has 3 rings (SSSR count). The van der Waals surface area contributed by atoms with E-state index in [2.05, 4.69) is 5.32 Å². The molecule has 172 valence electrons. The van der Waals surface area contributed by atoms with E-state index in [4.69, 9.17) is 9.47 Å². The van der Waals surface area contributed by atoms with Gasteiger partial charge < -0.3 is 19.7 Å². The fourth-order valence-corrected chi connectivity index (χ4v) is 4.41. The number of nitrogens with one attached hydrogen (secondary N) is 1. The van der Waals surface area contributed by atoms with Crippen molar-refractivity contribution in [3.05, 3.63) is 53.8 Å². The number of likely N-dealkylation sites (N-methyl/N-ethyl adjacent to an activating group) is 1. The van der Waals surface area contributed by atoms with Crippen LogP contribution in [0.5, 0.6) is 5.75 Å². The summed E-state index contributed by atoms with van der Waals surface area (Å²) < 4.78 is 51.7. The summed E-state index contributed by atoms with van der Waals surface area (Å²) in [5.41, 5.74) is 0.346.